The first-order chi connectivity index (χ1) is 13.6. The molecule has 4 rings (SSSR count). The molecule has 0 aliphatic rings. The summed E-state index contributed by atoms with van der Waals surface area (Å²) in [6.45, 7) is 0.304. The van der Waals surface area contributed by atoms with Gasteiger partial charge in [-0.2, -0.15) is 0 Å². The molecule has 0 saturated heterocycles. The molecule has 0 amide bonds. The van der Waals surface area contributed by atoms with E-state index >= 15 is 0 Å². The van der Waals surface area contributed by atoms with Crippen LogP contribution in [0.2, 0.25) is 0 Å². The first-order valence-corrected chi connectivity index (χ1v) is 9.21. The Morgan fingerprint density at radius 3 is 2.79 bits per heavy atom. The average molecular weight is 397 g/mol. The topological polar surface area (TPSA) is 93.2 Å². The summed E-state index contributed by atoms with van der Waals surface area (Å²) in [5.74, 6) is 0.666. The van der Waals surface area contributed by atoms with Crippen LogP contribution in [0.1, 0.15) is 0 Å². The Balaban J connectivity index is 1.65. The zero-order valence-corrected chi connectivity index (χ0v) is 15.5. The van der Waals surface area contributed by atoms with Gasteiger partial charge in [0.25, 0.3) is 0 Å². The van der Waals surface area contributed by atoms with Crippen molar-refractivity contribution in [3.05, 3.63) is 71.3 Å². The second-order valence-electron chi connectivity index (χ2n) is 6.24. The highest BCUT2D eigenvalue weighted by atomic mass is 35.5. The van der Waals surface area contributed by atoms with Crippen LogP contribution in [0.5, 0.6) is 0 Å². The van der Waals surface area contributed by atoms with Crippen LogP contribution in [-0.2, 0) is 0 Å². The van der Waals surface area contributed by atoms with Crippen molar-refractivity contribution >= 4 is 28.3 Å². The lowest BCUT2D eigenvalue weighted by molar-refractivity contribution is 0.211. The molecule has 142 valence electrons. The maximum absolute atomic E-state index is 12.5. The fourth-order valence-corrected chi connectivity index (χ4v) is 2.87. The Morgan fingerprint density at radius 1 is 1.18 bits per heavy atom. The molecular weight excluding hydrogens is 380 g/mol. The molecule has 0 aliphatic heterocycles. The SMILES string of the molecule is O=c1oc2cc(NCC(O)CCl)ccc2cc1-n1cnc(-c2ccccc2)n1. The zero-order chi connectivity index (χ0) is 19.5. The van der Waals surface area contributed by atoms with Crippen molar-refractivity contribution in [2.45, 2.75) is 6.10 Å². The van der Waals surface area contributed by atoms with Crippen LogP contribution in [0.4, 0.5) is 5.69 Å². The predicted molar refractivity (Wildman–Crippen MR) is 108 cm³/mol. The van der Waals surface area contributed by atoms with Gasteiger partial charge in [-0.25, -0.2) is 14.5 Å². The Bertz CT molecular complexity index is 1160. The lowest BCUT2D eigenvalue weighted by atomic mass is 10.2. The third-order valence-corrected chi connectivity index (χ3v) is 4.56. The molecule has 2 N–H and O–H groups in total. The third kappa shape index (κ3) is 3.76. The minimum Gasteiger partial charge on any atom is -0.421 e. The number of rotatable bonds is 6. The zero-order valence-electron chi connectivity index (χ0n) is 14.7. The number of aliphatic hydroxyl groups excluding tert-OH is 1. The van der Waals surface area contributed by atoms with Crippen molar-refractivity contribution in [3.63, 3.8) is 0 Å². The number of hydrogen-bond donors (Lipinski definition) is 2. The van der Waals surface area contributed by atoms with E-state index in [-0.39, 0.29) is 11.6 Å². The van der Waals surface area contributed by atoms with Gasteiger partial charge in [0.15, 0.2) is 11.5 Å². The monoisotopic (exact) mass is 396 g/mol. The van der Waals surface area contributed by atoms with E-state index in [1.54, 1.807) is 12.1 Å². The number of halogens is 1. The number of nitrogens with one attached hydrogen (secondary N) is 1. The van der Waals surface area contributed by atoms with Crippen molar-refractivity contribution in [3.8, 4) is 17.1 Å². The number of nitrogens with zero attached hydrogens (tertiary/aromatic N) is 3. The highest BCUT2D eigenvalue weighted by Crippen LogP contribution is 2.21. The Morgan fingerprint density at radius 2 is 2.00 bits per heavy atom. The number of anilines is 1. The molecule has 28 heavy (non-hydrogen) atoms. The molecule has 2 aromatic heterocycles. The van der Waals surface area contributed by atoms with Crippen LogP contribution in [0.3, 0.4) is 0 Å². The van der Waals surface area contributed by atoms with E-state index in [9.17, 15) is 9.90 Å². The van der Waals surface area contributed by atoms with Crippen molar-refractivity contribution in [2.75, 3.05) is 17.7 Å². The van der Waals surface area contributed by atoms with Gasteiger partial charge >= 0.3 is 5.63 Å². The number of alkyl halides is 1. The smallest absolute Gasteiger partial charge is 0.362 e. The minimum atomic E-state index is -0.655. The summed E-state index contributed by atoms with van der Waals surface area (Å²) in [7, 11) is 0. The summed E-state index contributed by atoms with van der Waals surface area (Å²) in [5, 5.41) is 17.7. The van der Waals surface area contributed by atoms with E-state index in [0.29, 0.717) is 18.0 Å². The van der Waals surface area contributed by atoms with Gasteiger partial charge in [0.2, 0.25) is 0 Å². The number of aliphatic hydroxyl groups is 1. The Hall–Kier alpha value is -3.16. The quantitative estimate of drug-likeness (QED) is 0.384. The van der Waals surface area contributed by atoms with Crippen LogP contribution in [0.25, 0.3) is 28.0 Å². The van der Waals surface area contributed by atoms with Crippen LogP contribution in [0.15, 0.2) is 70.1 Å². The van der Waals surface area contributed by atoms with Gasteiger partial charge in [-0.15, -0.1) is 16.7 Å². The van der Waals surface area contributed by atoms with Crippen molar-refractivity contribution in [2.24, 2.45) is 0 Å². The highest BCUT2D eigenvalue weighted by molar-refractivity contribution is 6.18. The molecule has 4 aromatic rings. The second kappa shape index (κ2) is 7.84. The molecular formula is C20H17ClN4O3. The van der Waals surface area contributed by atoms with Crippen LogP contribution < -0.4 is 10.9 Å². The summed E-state index contributed by atoms with van der Waals surface area (Å²) in [5.41, 5.74) is 1.78. The maximum Gasteiger partial charge on any atom is 0.362 e. The number of aromatic nitrogens is 3. The molecule has 2 aromatic carbocycles. The molecule has 0 bridgehead atoms. The lowest BCUT2D eigenvalue weighted by Gasteiger charge is -2.10. The molecule has 0 aliphatic carbocycles. The van der Waals surface area contributed by atoms with E-state index in [4.69, 9.17) is 16.0 Å². The van der Waals surface area contributed by atoms with E-state index in [2.05, 4.69) is 15.4 Å². The van der Waals surface area contributed by atoms with Crippen molar-refractivity contribution < 1.29 is 9.52 Å². The molecule has 7 nitrogen and oxygen atoms in total. The van der Waals surface area contributed by atoms with Gasteiger partial charge in [0, 0.05) is 29.2 Å². The fraction of sp³-hybridized carbons (Fsp3) is 0.150. The van der Waals surface area contributed by atoms with Crippen LogP contribution in [-0.4, -0.2) is 38.4 Å². The van der Waals surface area contributed by atoms with Crippen molar-refractivity contribution in [1.29, 1.82) is 0 Å². The van der Waals surface area contributed by atoms with Gasteiger partial charge in [0.1, 0.15) is 11.9 Å². The first kappa shape index (κ1) is 18.2. The number of benzene rings is 2. The third-order valence-electron chi connectivity index (χ3n) is 4.21. The molecule has 0 spiro atoms. The van der Waals surface area contributed by atoms with E-state index in [0.717, 1.165) is 16.6 Å². The van der Waals surface area contributed by atoms with Gasteiger partial charge in [-0.05, 0) is 18.2 Å². The van der Waals surface area contributed by atoms with Gasteiger partial charge in [0.05, 0.1) is 12.0 Å². The van der Waals surface area contributed by atoms with Gasteiger partial charge < -0.3 is 14.8 Å². The molecule has 2 heterocycles. The predicted octanol–water partition coefficient (Wildman–Crippen LogP) is 3.05. The molecule has 1 atom stereocenters. The molecule has 0 fully saturated rings. The van der Waals surface area contributed by atoms with Crippen LogP contribution >= 0.6 is 11.6 Å². The first-order valence-electron chi connectivity index (χ1n) is 8.67. The molecule has 0 saturated carbocycles. The summed E-state index contributed by atoms with van der Waals surface area (Å²) in [6, 6.07) is 16.6. The Kier molecular flexibility index (Phi) is 5.10. The van der Waals surface area contributed by atoms with Gasteiger partial charge in [-0.3, -0.25) is 0 Å². The molecule has 8 heteroatoms. The molecule has 0 radical (unpaired) electrons. The maximum atomic E-state index is 12.5. The molecule has 1 unspecified atom stereocenters. The largest absolute Gasteiger partial charge is 0.421 e. The van der Waals surface area contributed by atoms with Gasteiger partial charge in [-0.1, -0.05) is 30.3 Å². The van der Waals surface area contributed by atoms with Crippen molar-refractivity contribution in [1.82, 2.24) is 14.8 Å². The van der Waals surface area contributed by atoms with Crippen LogP contribution in [0, 0.1) is 0 Å². The summed E-state index contributed by atoms with van der Waals surface area (Å²) in [4.78, 5) is 16.7. The lowest BCUT2D eigenvalue weighted by Crippen LogP contribution is -2.20. The number of hydrogen-bond acceptors (Lipinski definition) is 6. The fourth-order valence-electron chi connectivity index (χ4n) is 2.76. The number of fused-ring (bicyclic) bond motifs is 1. The Labute approximate surface area is 165 Å². The summed E-state index contributed by atoms with van der Waals surface area (Å²) >= 11 is 5.59. The summed E-state index contributed by atoms with van der Waals surface area (Å²) < 4.78 is 6.88. The van der Waals surface area contributed by atoms with E-state index in [1.807, 2.05) is 42.5 Å². The van der Waals surface area contributed by atoms with E-state index in [1.165, 1.54) is 11.0 Å². The standard InChI is InChI=1S/C20H17ClN4O3/c21-10-16(26)11-22-15-7-6-14-8-17(20(27)28-18(14)9-15)25-12-23-19(24-25)13-4-2-1-3-5-13/h1-9,12,16,22,26H,10-11H2. The van der Waals surface area contributed by atoms with E-state index < -0.39 is 11.7 Å². The summed E-state index contributed by atoms with van der Waals surface area (Å²) in [6.07, 6.45) is 0.835. The average Bonchev–Trinajstić information content (AvgIpc) is 3.22. The normalized spacial score (nSPS) is 12.2. The minimum absolute atomic E-state index is 0.141. The highest BCUT2D eigenvalue weighted by Gasteiger charge is 2.12. The second-order valence-corrected chi connectivity index (χ2v) is 6.55.